The van der Waals surface area contributed by atoms with E-state index in [1.807, 2.05) is 0 Å². The summed E-state index contributed by atoms with van der Waals surface area (Å²) in [5, 5.41) is 14.4. The van der Waals surface area contributed by atoms with E-state index >= 15 is 0 Å². The highest BCUT2D eigenvalue weighted by molar-refractivity contribution is 5.86. The van der Waals surface area contributed by atoms with E-state index in [0.717, 1.165) is 19.5 Å². The maximum atomic E-state index is 11.2. The highest BCUT2D eigenvalue weighted by Crippen LogP contribution is 2.09. The minimum Gasteiger partial charge on any atom is -0.464 e. The van der Waals surface area contributed by atoms with Gasteiger partial charge in [0.15, 0.2) is 5.69 Å². The molecule has 0 aromatic carbocycles. The molecule has 0 spiro atoms. The van der Waals surface area contributed by atoms with Gasteiger partial charge in [-0.1, -0.05) is 0 Å². The minimum absolute atomic E-state index is 0.223. The molecule has 0 radical (unpaired) electrons. The Morgan fingerprint density at radius 3 is 3.06 bits per heavy atom. The van der Waals surface area contributed by atoms with Gasteiger partial charge in [0.25, 0.3) is 0 Å². The van der Waals surface area contributed by atoms with Gasteiger partial charge in [-0.3, -0.25) is 0 Å². The third kappa shape index (κ3) is 3.40. The molecule has 1 aromatic heterocycles. The molecular formula is C12H18N4O2. The Morgan fingerprint density at radius 2 is 2.44 bits per heavy atom. The average molecular weight is 250 g/mol. The van der Waals surface area contributed by atoms with E-state index < -0.39 is 5.97 Å². The van der Waals surface area contributed by atoms with Gasteiger partial charge in [-0.15, -0.1) is 10.2 Å². The van der Waals surface area contributed by atoms with Crippen LogP contribution in [0.3, 0.4) is 0 Å². The van der Waals surface area contributed by atoms with Crippen molar-refractivity contribution in [3.05, 3.63) is 17.8 Å². The smallest absolute Gasteiger partial charge is 0.358 e. The van der Waals surface area contributed by atoms with Crippen molar-refractivity contribution in [2.24, 2.45) is 0 Å². The van der Waals surface area contributed by atoms with Crippen molar-refractivity contribution >= 4 is 11.8 Å². The van der Waals surface area contributed by atoms with Gasteiger partial charge in [0, 0.05) is 12.6 Å². The molecule has 6 heteroatoms. The molecule has 1 aliphatic heterocycles. The van der Waals surface area contributed by atoms with Gasteiger partial charge >= 0.3 is 5.97 Å². The quantitative estimate of drug-likeness (QED) is 0.753. The molecule has 0 amide bonds. The van der Waals surface area contributed by atoms with Crippen LogP contribution in [0.15, 0.2) is 12.1 Å². The minimum atomic E-state index is -0.468. The van der Waals surface area contributed by atoms with Crippen LogP contribution in [-0.4, -0.2) is 42.4 Å². The molecule has 0 aliphatic carbocycles. The van der Waals surface area contributed by atoms with Crippen molar-refractivity contribution in [1.82, 2.24) is 15.5 Å². The Balaban J connectivity index is 1.77. The van der Waals surface area contributed by atoms with Crippen molar-refractivity contribution in [3.8, 4) is 0 Å². The summed E-state index contributed by atoms with van der Waals surface area (Å²) >= 11 is 0. The van der Waals surface area contributed by atoms with Crippen LogP contribution in [0, 0.1) is 0 Å². The van der Waals surface area contributed by atoms with Crippen molar-refractivity contribution in [1.29, 1.82) is 0 Å². The lowest BCUT2D eigenvalue weighted by atomic mass is 10.1. The Morgan fingerprint density at radius 1 is 1.56 bits per heavy atom. The van der Waals surface area contributed by atoms with E-state index in [4.69, 9.17) is 0 Å². The van der Waals surface area contributed by atoms with E-state index in [-0.39, 0.29) is 5.69 Å². The molecule has 0 saturated carbocycles. The first kappa shape index (κ1) is 12.8. The Labute approximate surface area is 106 Å². The molecule has 98 valence electrons. The molecule has 18 heavy (non-hydrogen) atoms. The number of carbonyl (C=O) groups excluding carboxylic acids is 1. The number of rotatable bonds is 5. The summed E-state index contributed by atoms with van der Waals surface area (Å²) in [5.74, 6) is 0.213. The molecule has 2 heterocycles. The first-order valence-corrected chi connectivity index (χ1v) is 6.19. The van der Waals surface area contributed by atoms with E-state index in [1.165, 1.54) is 20.0 Å². The number of hydrogen-bond donors (Lipinski definition) is 2. The van der Waals surface area contributed by atoms with Crippen LogP contribution in [0.2, 0.25) is 0 Å². The average Bonchev–Trinajstić information content (AvgIpc) is 2.92. The highest BCUT2D eigenvalue weighted by atomic mass is 16.5. The summed E-state index contributed by atoms with van der Waals surface area (Å²) in [6.45, 7) is 1.97. The second-order valence-electron chi connectivity index (χ2n) is 4.30. The molecule has 1 unspecified atom stereocenters. The molecular weight excluding hydrogens is 232 g/mol. The molecule has 0 bridgehead atoms. The third-order valence-electron chi connectivity index (χ3n) is 3.02. The van der Waals surface area contributed by atoms with Gasteiger partial charge in [0.2, 0.25) is 0 Å². The van der Waals surface area contributed by atoms with Crippen LogP contribution in [0.4, 0.5) is 5.82 Å². The van der Waals surface area contributed by atoms with Crippen LogP contribution >= 0.6 is 0 Å². The van der Waals surface area contributed by atoms with Gasteiger partial charge in [0.05, 0.1) is 7.11 Å². The SMILES string of the molecule is COC(=O)c1ccc(NCCC2CCCN2)nn1. The van der Waals surface area contributed by atoms with Crippen molar-refractivity contribution in [3.63, 3.8) is 0 Å². The van der Waals surface area contributed by atoms with Gasteiger partial charge in [0.1, 0.15) is 5.82 Å². The van der Waals surface area contributed by atoms with E-state index in [0.29, 0.717) is 11.9 Å². The number of hydrogen-bond acceptors (Lipinski definition) is 6. The summed E-state index contributed by atoms with van der Waals surface area (Å²) in [6.07, 6.45) is 3.58. The van der Waals surface area contributed by atoms with Crippen LogP contribution in [-0.2, 0) is 4.74 Å². The lowest BCUT2D eigenvalue weighted by Crippen LogP contribution is -2.24. The second-order valence-corrected chi connectivity index (χ2v) is 4.30. The third-order valence-corrected chi connectivity index (χ3v) is 3.02. The summed E-state index contributed by atoms with van der Waals surface area (Å²) in [6, 6.07) is 3.95. The Hall–Kier alpha value is -1.69. The Bertz CT molecular complexity index is 388. The zero-order valence-electron chi connectivity index (χ0n) is 10.5. The maximum Gasteiger partial charge on any atom is 0.358 e. The molecule has 1 fully saturated rings. The maximum absolute atomic E-state index is 11.2. The lowest BCUT2D eigenvalue weighted by Gasteiger charge is -2.10. The van der Waals surface area contributed by atoms with Crippen molar-refractivity contribution in [2.45, 2.75) is 25.3 Å². The number of esters is 1. The first-order chi connectivity index (χ1) is 8.79. The fourth-order valence-corrected chi connectivity index (χ4v) is 2.02. The monoisotopic (exact) mass is 250 g/mol. The number of carbonyl (C=O) groups is 1. The number of methoxy groups -OCH3 is 1. The summed E-state index contributed by atoms with van der Waals surface area (Å²) in [5.41, 5.74) is 0.223. The van der Waals surface area contributed by atoms with Gasteiger partial charge in [-0.25, -0.2) is 4.79 Å². The predicted molar refractivity (Wildman–Crippen MR) is 67.5 cm³/mol. The topological polar surface area (TPSA) is 76.1 Å². The molecule has 2 rings (SSSR count). The highest BCUT2D eigenvalue weighted by Gasteiger charge is 2.13. The van der Waals surface area contributed by atoms with Crippen LogP contribution < -0.4 is 10.6 Å². The lowest BCUT2D eigenvalue weighted by molar-refractivity contribution is 0.0593. The predicted octanol–water partition coefficient (Wildman–Crippen LogP) is 0.817. The molecule has 2 N–H and O–H groups in total. The van der Waals surface area contributed by atoms with E-state index in [1.54, 1.807) is 12.1 Å². The summed E-state index contributed by atoms with van der Waals surface area (Å²) in [7, 11) is 1.32. The standard InChI is InChI=1S/C12H18N4O2/c1-18-12(17)10-4-5-11(16-15-10)14-8-6-9-3-2-7-13-9/h4-5,9,13H,2-3,6-8H2,1H3,(H,14,16). The first-order valence-electron chi connectivity index (χ1n) is 6.19. The van der Waals surface area contributed by atoms with E-state index in [9.17, 15) is 4.79 Å². The zero-order chi connectivity index (χ0) is 12.8. The zero-order valence-corrected chi connectivity index (χ0v) is 10.5. The number of ether oxygens (including phenoxy) is 1. The molecule has 1 atom stereocenters. The van der Waals surface area contributed by atoms with Gasteiger partial charge in [-0.05, 0) is 37.9 Å². The van der Waals surface area contributed by atoms with Gasteiger partial charge < -0.3 is 15.4 Å². The van der Waals surface area contributed by atoms with E-state index in [2.05, 4.69) is 25.6 Å². The number of anilines is 1. The summed E-state index contributed by atoms with van der Waals surface area (Å²) < 4.78 is 4.55. The number of nitrogens with zero attached hydrogens (tertiary/aromatic N) is 2. The van der Waals surface area contributed by atoms with Gasteiger partial charge in [-0.2, -0.15) is 0 Å². The second kappa shape index (κ2) is 6.30. The molecule has 1 aromatic rings. The normalized spacial score (nSPS) is 18.6. The van der Waals surface area contributed by atoms with Crippen molar-refractivity contribution in [2.75, 3.05) is 25.5 Å². The number of aromatic nitrogens is 2. The Kier molecular flexibility index (Phi) is 4.46. The number of nitrogens with one attached hydrogen (secondary N) is 2. The molecule has 6 nitrogen and oxygen atoms in total. The fraction of sp³-hybridized carbons (Fsp3) is 0.583. The van der Waals surface area contributed by atoms with Crippen LogP contribution in [0.25, 0.3) is 0 Å². The molecule has 1 saturated heterocycles. The fourth-order valence-electron chi connectivity index (χ4n) is 2.02. The molecule has 1 aliphatic rings. The van der Waals surface area contributed by atoms with Crippen LogP contribution in [0.1, 0.15) is 29.8 Å². The van der Waals surface area contributed by atoms with Crippen LogP contribution in [0.5, 0.6) is 0 Å². The largest absolute Gasteiger partial charge is 0.464 e. The summed E-state index contributed by atoms with van der Waals surface area (Å²) in [4.78, 5) is 11.2. The van der Waals surface area contributed by atoms with Crippen molar-refractivity contribution < 1.29 is 9.53 Å².